The highest BCUT2D eigenvalue weighted by Gasteiger charge is 2.07. The molecule has 0 aliphatic rings. The van der Waals surface area contributed by atoms with Crippen LogP contribution in [-0.2, 0) is 0 Å². The Labute approximate surface area is 78.8 Å². The summed E-state index contributed by atoms with van der Waals surface area (Å²) in [5, 5.41) is 0.839. The molecule has 0 spiro atoms. The summed E-state index contributed by atoms with van der Waals surface area (Å²) in [6.45, 7) is 4.37. The van der Waals surface area contributed by atoms with E-state index in [1.165, 1.54) is 18.4 Å². The zero-order chi connectivity index (χ0) is 8.97. The average molecular weight is 184 g/mol. The van der Waals surface area contributed by atoms with E-state index in [0.29, 0.717) is 5.92 Å². The molecule has 1 unspecified atom stereocenters. The van der Waals surface area contributed by atoms with Gasteiger partial charge in [0.2, 0.25) is 0 Å². The minimum absolute atomic E-state index is 0.524. The fourth-order valence-electron chi connectivity index (χ4n) is 1.34. The summed E-state index contributed by atoms with van der Waals surface area (Å²) < 4.78 is 0. The van der Waals surface area contributed by atoms with E-state index in [9.17, 15) is 0 Å². The summed E-state index contributed by atoms with van der Waals surface area (Å²) in [7, 11) is 0. The zero-order valence-corrected chi connectivity index (χ0v) is 8.30. The number of nitrogens with zero attached hydrogens (tertiary/aromatic N) is 1. The number of halogens is 1. The standard InChI is InChI=1S/C10H14ClN/c1-3-4-8(2)9-7-12-6-5-10(9)11/h5-8H,3-4H2,1-2H3. The molecule has 1 nitrogen and oxygen atoms in total. The lowest BCUT2D eigenvalue weighted by Crippen LogP contribution is -1.94. The summed E-state index contributed by atoms with van der Waals surface area (Å²) in [4.78, 5) is 4.06. The molecule has 0 aliphatic carbocycles. The Morgan fingerprint density at radius 2 is 2.33 bits per heavy atom. The number of rotatable bonds is 3. The van der Waals surface area contributed by atoms with Crippen molar-refractivity contribution < 1.29 is 0 Å². The second kappa shape index (κ2) is 4.46. The molecule has 0 amide bonds. The van der Waals surface area contributed by atoms with Crippen molar-refractivity contribution in [3.8, 4) is 0 Å². The van der Waals surface area contributed by atoms with Crippen LogP contribution in [0.3, 0.4) is 0 Å². The molecule has 1 heterocycles. The second-order valence-corrected chi connectivity index (χ2v) is 3.49. The smallest absolute Gasteiger partial charge is 0.0471 e. The van der Waals surface area contributed by atoms with Gasteiger partial charge in [0.05, 0.1) is 0 Å². The summed E-state index contributed by atoms with van der Waals surface area (Å²) >= 11 is 6.01. The fraction of sp³-hybridized carbons (Fsp3) is 0.500. The number of hydrogen-bond donors (Lipinski definition) is 0. The highest BCUT2D eigenvalue weighted by Crippen LogP contribution is 2.26. The van der Waals surface area contributed by atoms with Crippen LogP contribution in [0.2, 0.25) is 5.02 Å². The third-order valence-electron chi connectivity index (χ3n) is 2.05. The van der Waals surface area contributed by atoms with Gasteiger partial charge in [0.15, 0.2) is 0 Å². The normalized spacial score (nSPS) is 12.9. The van der Waals surface area contributed by atoms with Gasteiger partial charge >= 0.3 is 0 Å². The van der Waals surface area contributed by atoms with Gasteiger partial charge in [0.25, 0.3) is 0 Å². The lowest BCUT2D eigenvalue weighted by molar-refractivity contribution is 0.662. The van der Waals surface area contributed by atoms with Gasteiger partial charge in [0.1, 0.15) is 0 Å². The maximum Gasteiger partial charge on any atom is 0.0471 e. The van der Waals surface area contributed by atoms with Gasteiger partial charge in [0, 0.05) is 17.4 Å². The van der Waals surface area contributed by atoms with Crippen molar-refractivity contribution in [1.82, 2.24) is 4.98 Å². The van der Waals surface area contributed by atoms with Crippen molar-refractivity contribution in [3.63, 3.8) is 0 Å². The van der Waals surface area contributed by atoms with Crippen molar-refractivity contribution in [1.29, 1.82) is 0 Å². The van der Waals surface area contributed by atoms with Gasteiger partial charge in [-0.3, -0.25) is 4.98 Å². The van der Waals surface area contributed by atoms with Crippen molar-refractivity contribution in [2.45, 2.75) is 32.6 Å². The van der Waals surface area contributed by atoms with Crippen molar-refractivity contribution in [3.05, 3.63) is 29.0 Å². The van der Waals surface area contributed by atoms with Crippen LogP contribution in [0, 0.1) is 0 Å². The number of pyridine rings is 1. The van der Waals surface area contributed by atoms with E-state index in [4.69, 9.17) is 11.6 Å². The van der Waals surface area contributed by atoms with E-state index >= 15 is 0 Å². The number of hydrogen-bond acceptors (Lipinski definition) is 1. The largest absolute Gasteiger partial charge is 0.264 e. The molecule has 1 aromatic heterocycles. The molecule has 0 N–H and O–H groups in total. The first kappa shape index (κ1) is 9.53. The minimum Gasteiger partial charge on any atom is -0.264 e. The topological polar surface area (TPSA) is 12.9 Å². The Balaban J connectivity index is 2.79. The Kier molecular flexibility index (Phi) is 3.54. The molecule has 66 valence electrons. The molecule has 1 aromatic rings. The van der Waals surface area contributed by atoms with Crippen LogP contribution in [0.15, 0.2) is 18.5 Å². The van der Waals surface area contributed by atoms with Crippen LogP contribution in [0.4, 0.5) is 0 Å². The molecular formula is C10H14ClN. The van der Waals surface area contributed by atoms with E-state index in [1.807, 2.05) is 12.3 Å². The average Bonchev–Trinajstić information content (AvgIpc) is 2.05. The van der Waals surface area contributed by atoms with Crippen LogP contribution < -0.4 is 0 Å². The monoisotopic (exact) mass is 183 g/mol. The quantitative estimate of drug-likeness (QED) is 0.698. The van der Waals surface area contributed by atoms with E-state index in [1.54, 1.807) is 6.20 Å². The van der Waals surface area contributed by atoms with Crippen LogP contribution in [0.1, 0.15) is 38.2 Å². The summed E-state index contributed by atoms with van der Waals surface area (Å²) in [6, 6.07) is 1.85. The highest BCUT2D eigenvalue weighted by molar-refractivity contribution is 6.31. The molecule has 2 heteroatoms. The first-order valence-electron chi connectivity index (χ1n) is 4.35. The van der Waals surface area contributed by atoms with Gasteiger partial charge < -0.3 is 0 Å². The molecule has 0 aliphatic heterocycles. The second-order valence-electron chi connectivity index (χ2n) is 3.09. The lowest BCUT2D eigenvalue weighted by atomic mass is 9.98. The molecule has 0 radical (unpaired) electrons. The maximum atomic E-state index is 6.01. The molecule has 1 rings (SSSR count). The van der Waals surface area contributed by atoms with Gasteiger partial charge in [-0.15, -0.1) is 0 Å². The third-order valence-corrected chi connectivity index (χ3v) is 2.39. The lowest BCUT2D eigenvalue weighted by Gasteiger charge is -2.10. The first-order chi connectivity index (χ1) is 5.75. The predicted molar refractivity (Wildman–Crippen MR) is 52.6 cm³/mol. The van der Waals surface area contributed by atoms with Crippen molar-refractivity contribution in [2.24, 2.45) is 0 Å². The first-order valence-corrected chi connectivity index (χ1v) is 4.73. The molecule has 0 saturated carbocycles. The maximum absolute atomic E-state index is 6.01. The Morgan fingerprint density at radius 3 is 2.92 bits per heavy atom. The molecule has 0 bridgehead atoms. The van der Waals surface area contributed by atoms with Gasteiger partial charge in [-0.05, 0) is 24.0 Å². The molecule has 0 aromatic carbocycles. The Hall–Kier alpha value is -0.560. The summed E-state index contributed by atoms with van der Waals surface area (Å²) in [5.74, 6) is 0.524. The van der Waals surface area contributed by atoms with Crippen LogP contribution in [0.5, 0.6) is 0 Å². The zero-order valence-electron chi connectivity index (χ0n) is 7.55. The van der Waals surface area contributed by atoms with Crippen LogP contribution >= 0.6 is 11.6 Å². The highest BCUT2D eigenvalue weighted by atomic mass is 35.5. The van der Waals surface area contributed by atoms with E-state index in [2.05, 4.69) is 18.8 Å². The molecule has 12 heavy (non-hydrogen) atoms. The SMILES string of the molecule is CCCC(C)c1cnccc1Cl. The van der Waals surface area contributed by atoms with E-state index < -0.39 is 0 Å². The summed E-state index contributed by atoms with van der Waals surface area (Å²) in [6.07, 6.45) is 5.95. The van der Waals surface area contributed by atoms with Crippen LogP contribution in [0.25, 0.3) is 0 Å². The molecule has 0 saturated heterocycles. The predicted octanol–water partition coefficient (Wildman–Crippen LogP) is 3.64. The summed E-state index contributed by atoms with van der Waals surface area (Å²) in [5.41, 5.74) is 1.17. The van der Waals surface area contributed by atoms with Gasteiger partial charge in [-0.1, -0.05) is 31.9 Å². The Morgan fingerprint density at radius 1 is 1.58 bits per heavy atom. The van der Waals surface area contributed by atoms with Gasteiger partial charge in [-0.2, -0.15) is 0 Å². The van der Waals surface area contributed by atoms with Crippen LogP contribution in [-0.4, -0.2) is 4.98 Å². The van der Waals surface area contributed by atoms with E-state index in [-0.39, 0.29) is 0 Å². The Bertz CT molecular complexity index is 247. The minimum atomic E-state index is 0.524. The van der Waals surface area contributed by atoms with E-state index in [0.717, 1.165) is 5.02 Å². The molecular weight excluding hydrogens is 170 g/mol. The van der Waals surface area contributed by atoms with Gasteiger partial charge in [-0.25, -0.2) is 0 Å². The molecule has 0 fully saturated rings. The molecule has 1 atom stereocenters. The third kappa shape index (κ3) is 2.21. The fourth-order valence-corrected chi connectivity index (χ4v) is 1.63. The van der Waals surface area contributed by atoms with Crippen molar-refractivity contribution >= 4 is 11.6 Å². The number of aromatic nitrogens is 1. The van der Waals surface area contributed by atoms with Crippen molar-refractivity contribution in [2.75, 3.05) is 0 Å².